The molecule has 34 heavy (non-hydrogen) atoms. The first-order valence-electron chi connectivity index (χ1n) is 11.2. The maximum Gasteiger partial charge on any atom is 0.258 e. The van der Waals surface area contributed by atoms with Crippen LogP contribution in [0.3, 0.4) is 0 Å². The predicted molar refractivity (Wildman–Crippen MR) is 133 cm³/mol. The number of carbonyl (C=O) groups is 1. The van der Waals surface area contributed by atoms with Crippen LogP contribution in [0.25, 0.3) is 0 Å². The molecule has 0 radical (unpaired) electrons. The normalized spacial score (nSPS) is 23.1. The smallest absolute Gasteiger partial charge is 0.258 e. The first-order valence-corrected chi connectivity index (χ1v) is 12.0. The first kappa shape index (κ1) is 21.6. The molecule has 2 bridgehead atoms. The molecule has 3 aromatic rings. The fourth-order valence-corrected chi connectivity index (χ4v) is 5.50. The lowest BCUT2D eigenvalue weighted by Crippen LogP contribution is -2.47. The number of carbonyl (C=O) groups excluding carboxylic acids is 1. The van der Waals surface area contributed by atoms with Crippen LogP contribution in [0.5, 0.6) is 0 Å². The third kappa shape index (κ3) is 3.76. The lowest BCUT2D eigenvalue weighted by Gasteiger charge is -2.30. The molecule has 2 fully saturated rings. The van der Waals surface area contributed by atoms with Gasteiger partial charge in [0, 0.05) is 53.2 Å². The number of piperazine rings is 1. The van der Waals surface area contributed by atoms with E-state index in [1.54, 1.807) is 24.4 Å². The summed E-state index contributed by atoms with van der Waals surface area (Å²) >= 11 is 12.7. The largest absolute Gasteiger partial charge is 0.334 e. The van der Waals surface area contributed by atoms with E-state index in [9.17, 15) is 4.79 Å². The molecule has 4 heterocycles. The molecule has 8 nitrogen and oxygen atoms in total. The van der Waals surface area contributed by atoms with Crippen LogP contribution in [-0.2, 0) is 12.1 Å². The molecule has 0 aliphatic carbocycles. The van der Waals surface area contributed by atoms with Crippen LogP contribution in [0.15, 0.2) is 48.7 Å². The molecule has 2 saturated heterocycles. The van der Waals surface area contributed by atoms with Crippen molar-refractivity contribution in [2.45, 2.75) is 24.5 Å². The summed E-state index contributed by atoms with van der Waals surface area (Å²) in [5, 5.41) is 14.5. The van der Waals surface area contributed by atoms with Crippen molar-refractivity contribution < 1.29 is 4.79 Å². The minimum atomic E-state index is -0.209. The number of rotatable bonds is 5. The van der Waals surface area contributed by atoms with Gasteiger partial charge in [0.2, 0.25) is 5.95 Å². The quantitative estimate of drug-likeness (QED) is 0.430. The standard InChI is InChI=1S/C24H23Cl2N7O/c25-19-2-1-3-20(26)18(19)11-33-13-29-22(34)17-10-27-23(32-21(17)33)31-15-6-4-14(5-7-15)24-8-16(9-30-24)28-12-24/h1-7,10,16,28,30H,8-9,11-13H2,(H,29,34)(H,27,31,32)/t16-,24+/m0/s1. The highest BCUT2D eigenvalue weighted by molar-refractivity contribution is 6.36. The fourth-order valence-electron chi connectivity index (χ4n) is 4.98. The molecule has 3 aliphatic rings. The van der Waals surface area contributed by atoms with Crippen molar-refractivity contribution in [3.05, 3.63) is 75.4 Å². The number of benzene rings is 2. The average molecular weight is 496 g/mol. The molecule has 174 valence electrons. The Labute approximate surface area is 207 Å². The highest BCUT2D eigenvalue weighted by atomic mass is 35.5. The van der Waals surface area contributed by atoms with Crippen molar-refractivity contribution >= 4 is 46.6 Å². The second kappa shape index (κ2) is 8.39. The van der Waals surface area contributed by atoms with Crippen LogP contribution in [0.1, 0.15) is 27.9 Å². The van der Waals surface area contributed by atoms with Gasteiger partial charge in [-0.05, 0) is 36.2 Å². The zero-order valence-electron chi connectivity index (χ0n) is 18.2. The van der Waals surface area contributed by atoms with E-state index in [-0.39, 0.29) is 11.4 Å². The minimum Gasteiger partial charge on any atom is -0.334 e. The summed E-state index contributed by atoms with van der Waals surface area (Å²) < 4.78 is 0. The number of halogens is 2. The molecule has 3 aliphatic heterocycles. The molecule has 2 aromatic carbocycles. The number of amides is 1. The number of hydrogen-bond acceptors (Lipinski definition) is 7. The van der Waals surface area contributed by atoms with Gasteiger partial charge in [-0.2, -0.15) is 4.98 Å². The van der Waals surface area contributed by atoms with E-state index >= 15 is 0 Å². The van der Waals surface area contributed by atoms with Crippen LogP contribution in [0.2, 0.25) is 10.0 Å². The van der Waals surface area contributed by atoms with E-state index in [2.05, 4.69) is 43.4 Å². The van der Waals surface area contributed by atoms with Gasteiger partial charge in [-0.3, -0.25) is 4.79 Å². The Morgan fingerprint density at radius 1 is 1.15 bits per heavy atom. The van der Waals surface area contributed by atoms with Crippen LogP contribution >= 0.6 is 23.2 Å². The van der Waals surface area contributed by atoms with E-state index in [0.717, 1.165) is 30.8 Å². The van der Waals surface area contributed by atoms with Gasteiger partial charge in [0.1, 0.15) is 11.4 Å². The van der Waals surface area contributed by atoms with Gasteiger partial charge in [0.15, 0.2) is 0 Å². The topological polar surface area (TPSA) is 94.2 Å². The summed E-state index contributed by atoms with van der Waals surface area (Å²) in [5.74, 6) is 0.737. The molecule has 10 heteroatoms. The van der Waals surface area contributed by atoms with Crippen LogP contribution in [0.4, 0.5) is 17.5 Å². The van der Waals surface area contributed by atoms with Crippen molar-refractivity contribution in [2.24, 2.45) is 0 Å². The highest BCUT2D eigenvalue weighted by Gasteiger charge is 2.45. The summed E-state index contributed by atoms with van der Waals surface area (Å²) in [6, 6.07) is 14.3. The summed E-state index contributed by atoms with van der Waals surface area (Å²) in [7, 11) is 0. The lowest BCUT2D eigenvalue weighted by atomic mass is 9.90. The second-order valence-corrected chi connectivity index (χ2v) is 9.75. The fraction of sp³-hybridized carbons (Fsp3) is 0.292. The van der Waals surface area contributed by atoms with Gasteiger partial charge >= 0.3 is 0 Å². The summed E-state index contributed by atoms with van der Waals surface area (Å²) in [6.07, 6.45) is 2.65. The second-order valence-electron chi connectivity index (χ2n) is 8.94. The van der Waals surface area contributed by atoms with E-state index in [1.807, 2.05) is 17.0 Å². The Balaban J connectivity index is 1.25. The van der Waals surface area contributed by atoms with E-state index in [4.69, 9.17) is 23.2 Å². The first-order chi connectivity index (χ1) is 16.5. The average Bonchev–Trinajstić information content (AvgIpc) is 3.46. The number of aromatic nitrogens is 2. The summed E-state index contributed by atoms with van der Waals surface area (Å²) in [6.45, 7) is 2.65. The van der Waals surface area contributed by atoms with E-state index in [1.165, 1.54) is 5.56 Å². The van der Waals surface area contributed by atoms with Crippen molar-refractivity contribution in [2.75, 3.05) is 30.0 Å². The van der Waals surface area contributed by atoms with Gasteiger partial charge in [-0.25, -0.2) is 4.98 Å². The van der Waals surface area contributed by atoms with Gasteiger partial charge in [0.05, 0.1) is 12.2 Å². The molecule has 0 saturated carbocycles. The predicted octanol–water partition coefficient (Wildman–Crippen LogP) is 3.39. The van der Waals surface area contributed by atoms with Gasteiger partial charge in [0.25, 0.3) is 5.91 Å². The van der Waals surface area contributed by atoms with E-state index < -0.39 is 0 Å². The van der Waals surface area contributed by atoms with Crippen LogP contribution < -0.4 is 26.2 Å². The van der Waals surface area contributed by atoms with Crippen molar-refractivity contribution in [3.63, 3.8) is 0 Å². The third-order valence-electron chi connectivity index (χ3n) is 6.82. The lowest BCUT2D eigenvalue weighted by molar-refractivity contribution is 0.0946. The maximum atomic E-state index is 12.4. The molecule has 4 N–H and O–H groups in total. The molecule has 2 atom stereocenters. The van der Waals surface area contributed by atoms with Gasteiger partial charge < -0.3 is 26.2 Å². The Morgan fingerprint density at radius 3 is 2.62 bits per heavy atom. The number of nitrogens with zero attached hydrogens (tertiary/aromatic N) is 3. The number of nitrogens with one attached hydrogen (secondary N) is 4. The van der Waals surface area contributed by atoms with Crippen molar-refractivity contribution in [1.82, 2.24) is 25.9 Å². The number of anilines is 3. The molecule has 6 rings (SSSR count). The zero-order chi connectivity index (χ0) is 23.3. The summed E-state index contributed by atoms with van der Waals surface area (Å²) in [4.78, 5) is 23.4. The van der Waals surface area contributed by atoms with Gasteiger partial charge in [-0.1, -0.05) is 41.4 Å². The summed E-state index contributed by atoms with van der Waals surface area (Å²) in [5.41, 5.74) is 3.36. The van der Waals surface area contributed by atoms with E-state index in [0.29, 0.717) is 46.6 Å². The molecule has 1 aromatic heterocycles. The third-order valence-corrected chi connectivity index (χ3v) is 7.53. The maximum absolute atomic E-state index is 12.4. The number of fused-ring (bicyclic) bond motifs is 3. The van der Waals surface area contributed by atoms with Crippen molar-refractivity contribution in [1.29, 1.82) is 0 Å². The number of hydrogen-bond donors (Lipinski definition) is 4. The Hall–Kier alpha value is -2.91. The Morgan fingerprint density at radius 2 is 1.94 bits per heavy atom. The monoisotopic (exact) mass is 495 g/mol. The van der Waals surface area contributed by atoms with Crippen LogP contribution in [0, 0.1) is 0 Å². The SMILES string of the molecule is O=C1NCN(Cc2c(Cl)cccc2Cl)c2nc(Nc3ccc([C@@]45CN[C@H](CN4)C5)cc3)ncc21. The Kier molecular flexibility index (Phi) is 5.33. The Bertz CT molecular complexity index is 1240. The molecule has 0 unspecified atom stereocenters. The molecule has 0 spiro atoms. The van der Waals surface area contributed by atoms with Crippen LogP contribution in [-0.4, -0.2) is 41.7 Å². The van der Waals surface area contributed by atoms with Crippen molar-refractivity contribution in [3.8, 4) is 0 Å². The molecular formula is C24H23Cl2N7O. The highest BCUT2D eigenvalue weighted by Crippen LogP contribution is 2.36. The molecular weight excluding hydrogens is 473 g/mol. The zero-order valence-corrected chi connectivity index (χ0v) is 19.7. The minimum absolute atomic E-state index is 0.0271. The molecule has 1 amide bonds. The van der Waals surface area contributed by atoms with Gasteiger partial charge in [-0.15, -0.1) is 0 Å².